The van der Waals surface area contributed by atoms with Gasteiger partial charge in [-0.2, -0.15) is 0 Å². The highest BCUT2D eigenvalue weighted by molar-refractivity contribution is 5.74. The first-order chi connectivity index (χ1) is 11.7. The summed E-state index contributed by atoms with van der Waals surface area (Å²) in [5, 5.41) is 15.2. The Kier molecular flexibility index (Phi) is 8.05. The summed E-state index contributed by atoms with van der Waals surface area (Å²) < 4.78 is 0. The van der Waals surface area contributed by atoms with E-state index in [1.165, 1.54) is 13.0 Å². The highest BCUT2D eigenvalue weighted by Gasteiger charge is 2.20. The summed E-state index contributed by atoms with van der Waals surface area (Å²) in [6, 6.07) is 9.50. The summed E-state index contributed by atoms with van der Waals surface area (Å²) in [6.45, 7) is 6.45. The fourth-order valence-electron chi connectivity index (χ4n) is 3.31. The molecule has 1 atom stereocenters. The zero-order chi connectivity index (χ0) is 17.2. The van der Waals surface area contributed by atoms with Crippen LogP contribution in [0.3, 0.4) is 0 Å². The minimum atomic E-state index is -0.150. The molecule has 1 heterocycles. The quantitative estimate of drug-likeness (QED) is 0.685. The van der Waals surface area contributed by atoms with Gasteiger partial charge in [0, 0.05) is 13.2 Å². The van der Waals surface area contributed by atoms with E-state index in [2.05, 4.69) is 22.5 Å². The molecule has 24 heavy (non-hydrogen) atoms. The standard InChI is InChI=1S/C19H31N3O2/c1-2-11-22-12-8-16(9-13-22)15-20-19(24)21-18(10-14-23)17-6-4-3-5-7-17/h3-7,16,18,23H,2,8-15H2,1H3,(H2,20,21,24)/t18-/m1/s1. The van der Waals surface area contributed by atoms with Gasteiger partial charge < -0.3 is 20.6 Å². The summed E-state index contributed by atoms with van der Waals surface area (Å²) in [5.74, 6) is 0.567. The van der Waals surface area contributed by atoms with Gasteiger partial charge in [-0.05, 0) is 56.8 Å². The first-order valence-electron chi connectivity index (χ1n) is 9.15. The van der Waals surface area contributed by atoms with E-state index in [0.29, 0.717) is 12.3 Å². The third-order valence-corrected chi connectivity index (χ3v) is 4.72. The molecule has 0 aromatic heterocycles. The van der Waals surface area contributed by atoms with Crippen LogP contribution in [-0.2, 0) is 0 Å². The lowest BCUT2D eigenvalue weighted by molar-refractivity contribution is 0.181. The first kappa shape index (κ1) is 18.7. The Morgan fingerprint density at radius 3 is 2.62 bits per heavy atom. The molecular weight excluding hydrogens is 302 g/mol. The van der Waals surface area contributed by atoms with Crippen LogP contribution in [0.25, 0.3) is 0 Å². The first-order valence-corrected chi connectivity index (χ1v) is 9.15. The predicted octanol–water partition coefficient (Wildman–Crippen LogP) is 2.53. The number of carbonyl (C=O) groups is 1. The van der Waals surface area contributed by atoms with E-state index in [0.717, 1.165) is 38.0 Å². The summed E-state index contributed by atoms with van der Waals surface area (Å²) in [7, 11) is 0. The van der Waals surface area contributed by atoms with E-state index < -0.39 is 0 Å². The van der Waals surface area contributed by atoms with E-state index in [9.17, 15) is 9.90 Å². The maximum atomic E-state index is 12.2. The van der Waals surface area contributed by atoms with Crippen molar-refractivity contribution in [3.8, 4) is 0 Å². The number of nitrogens with zero attached hydrogens (tertiary/aromatic N) is 1. The van der Waals surface area contributed by atoms with Crippen LogP contribution >= 0.6 is 0 Å². The molecule has 0 spiro atoms. The van der Waals surface area contributed by atoms with Crippen LogP contribution in [0.15, 0.2) is 30.3 Å². The van der Waals surface area contributed by atoms with Gasteiger partial charge in [-0.3, -0.25) is 0 Å². The highest BCUT2D eigenvalue weighted by Crippen LogP contribution is 2.17. The van der Waals surface area contributed by atoms with Crippen LogP contribution in [-0.4, -0.2) is 48.8 Å². The van der Waals surface area contributed by atoms with E-state index in [4.69, 9.17) is 0 Å². The second-order valence-corrected chi connectivity index (χ2v) is 6.61. The Labute approximate surface area is 145 Å². The number of rotatable bonds is 8. The number of likely N-dealkylation sites (tertiary alicyclic amines) is 1. The third kappa shape index (κ3) is 6.13. The maximum Gasteiger partial charge on any atom is 0.315 e. The van der Waals surface area contributed by atoms with Gasteiger partial charge in [-0.15, -0.1) is 0 Å². The summed E-state index contributed by atoms with van der Waals surface area (Å²) in [4.78, 5) is 14.7. The van der Waals surface area contributed by atoms with Crippen LogP contribution in [0, 0.1) is 5.92 Å². The zero-order valence-corrected chi connectivity index (χ0v) is 14.7. The second-order valence-electron chi connectivity index (χ2n) is 6.61. The van der Waals surface area contributed by atoms with Crippen molar-refractivity contribution >= 4 is 6.03 Å². The molecule has 134 valence electrons. The van der Waals surface area contributed by atoms with Crippen molar-refractivity contribution in [3.63, 3.8) is 0 Å². The topological polar surface area (TPSA) is 64.6 Å². The van der Waals surface area contributed by atoms with Crippen molar-refractivity contribution < 1.29 is 9.90 Å². The molecule has 0 unspecified atom stereocenters. The maximum absolute atomic E-state index is 12.2. The Balaban J connectivity index is 1.74. The third-order valence-electron chi connectivity index (χ3n) is 4.72. The molecule has 2 rings (SSSR count). The number of amides is 2. The van der Waals surface area contributed by atoms with Crippen LogP contribution in [0.5, 0.6) is 0 Å². The van der Waals surface area contributed by atoms with Gasteiger partial charge in [0.05, 0.1) is 6.04 Å². The number of piperidine rings is 1. The van der Waals surface area contributed by atoms with Crippen LogP contribution in [0.4, 0.5) is 4.79 Å². The average molecular weight is 333 g/mol. The van der Waals surface area contributed by atoms with E-state index in [-0.39, 0.29) is 18.7 Å². The van der Waals surface area contributed by atoms with Gasteiger partial charge in [0.25, 0.3) is 0 Å². The zero-order valence-electron chi connectivity index (χ0n) is 14.7. The van der Waals surface area contributed by atoms with Crippen molar-refractivity contribution in [2.45, 2.75) is 38.6 Å². The van der Waals surface area contributed by atoms with E-state index in [1.807, 2.05) is 30.3 Å². The Morgan fingerprint density at radius 2 is 2.00 bits per heavy atom. The van der Waals surface area contributed by atoms with E-state index >= 15 is 0 Å². The minimum Gasteiger partial charge on any atom is -0.396 e. The average Bonchev–Trinajstić information content (AvgIpc) is 2.62. The predicted molar refractivity (Wildman–Crippen MR) is 96.9 cm³/mol. The van der Waals surface area contributed by atoms with Crippen LogP contribution in [0.1, 0.15) is 44.2 Å². The van der Waals surface area contributed by atoms with Crippen molar-refractivity contribution in [2.75, 3.05) is 32.8 Å². The molecule has 5 heteroatoms. The summed E-state index contributed by atoms with van der Waals surface area (Å²) in [5.41, 5.74) is 1.02. The lowest BCUT2D eigenvalue weighted by Gasteiger charge is -2.31. The molecule has 1 aromatic carbocycles. The molecule has 0 radical (unpaired) electrons. The Bertz CT molecular complexity index is 473. The van der Waals surface area contributed by atoms with Crippen LogP contribution in [0.2, 0.25) is 0 Å². The molecule has 0 aliphatic carbocycles. The fraction of sp³-hybridized carbons (Fsp3) is 0.632. The number of hydrogen-bond donors (Lipinski definition) is 3. The summed E-state index contributed by atoms with van der Waals surface area (Å²) >= 11 is 0. The number of carbonyl (C=O) groups excluding carboxylic acids is 1. The normalized spacial score (nSPS) is 17.4. The molecule has 5 nitrogen and oxygen atoms in total. The second kappa shape index (κ2) is 10.3. The Hall–Kier alpha value is -1.59. The number of benzene rings is 1. The van der Waals surface area contributed by atoms with Gasteiger partial charge in [0.15, 0.2) is 0 Å². The smallest absolute Gasteiger partial charge is 0.315 e. The molecule has 1 fully saturated rings. The lowest BCUT2D eigenvalue weighted by atomic mass is 9.97. The SMILES string of the molecule is CCCN1CCC(CNC(=O)N[C@H](CCO)c2ccccc2)CC1. The molecule has 1 aliphatic rings. The fourth-order valence-corrected chi connectivity index (χ4v) is 3.31. The molecule has 3 N–H and O–H groups in total. The highest BCUT2D eigenvalue weighted by atomic mass is 16.3. The van der Waals surface area contributed by atoms with Crippen LogP contribution < -0.4 is 10.6 Å². The lowest BCUT2D eigenvalue weighted by Crippen LogP contribution is -2.43. The minimum absolute atomic E-state index is 0.0513. The largest absolute Gasteiger partial charge is 0.396 e. The van der Waals surface area contributed by atoms with Crippen molar-refractivity contribution in [1.29, 1.82) is 0 Å². The van der Waals surface area contributed by atoms with E-state index in [1.54, 1.807) is 0 Å². The molecule has 2 amide bonds. The molecule has 1 aromatic rings. The number of urea groups is 1. The van der Waals surface area contributed by atoms with Crippen molar-refractivity contribution in [3.05, 3.63) is 35.9 Å². The molecule has 1 saturated heterocycles. The number of aliphatic hydroxyl groups is 1. The Morgan fingerprint density at radius 1 is 1.29 bits per heavy atom. The van der Waals surface area contributed by atoms with Gasteiger partial charge in [-0.1, -0.05) is 37.3 Å². The van der Waals surface area contributed by atoms with Gasteiger partial charge in [0.2, 0.25) is 0 Å². The van der Waals surface area contributed by atoms with Gasteiger partial charge in [0.1, 0.15) is 0 Å². The van der Waals surface area contributed by atoms with Gasteiger partial charge in [-0.25, -0.2) is 4.79 Å². The molecule has 0 saturated carbocycles. The molecule has 0 bridgehead atoms. The number of hydrogen-bond acceptors (Lipinski definition) is 3. The monoisotopic (exact) mass is 333 g/mol. The number of aliphatic hydroxyl groups excluding tert-OH is 1. The molecule has 1 aliphatic heterocycles. The van der Waals surface area contributed by atoms with Gasteiger partial charge >= 0.3 is 6.03 Å². The molecular formula is C19H31N3O2. The van der Waals surface area contributed by atoms with Crippen molar-refractivity contribution in [1.82, 2.24) is 15.5 Å². The summed E-state index contributed by atoms with van der Waals surface area (Å²) in [6.07, 6.45) is 4.03. The van der Waals surface area contributed by atoms with Crippen molar-refractivity contribution in [2.24, 2.45) is 5.92 Å². The number of nitrogens with one attached hydrogen (secondary N) is 2.